The number of rotatable bonds is 6. The van der Waals surface area contributed by atoms with E-state index >= 15 is 0 Å². The van der Waals surface area contributed by atoms with Crippen LogP contribution in [0.5, 0.6) is 5.75 Å². The Morgan fingerprint density at radius 3 is 2.26 bits per heavy atom. The van der Waals surface area contributed by atoms with Crippen LogP contribution >= 0.6 is 12.4 Å². The molecule has 5 heteroatoms. The van der Waals surface area contributed by atoms with Gasteiger partial charge in [-0.1, -0.05) is 32.0 Å². The van der Waals surface area contributed by atoms with Crippen LogP contribution in [-0.4, -0.2) is 24.7 Å². The van der Waals surface area contributed by atoms with Crippen LogP contribution in [0.1, 0.15) is 20.8 Å². The van der Waals surface area contributed by atoms with Crippen molar-refractivity contribution in [1.82, 2.24) is 0 Å². The van der Waals surface area contributed by atoms with Gasteiger partial charge >= 0.3 is 5.97 Å². The second-order valence-electron chi connectivity index (χ2n) is 4.54. The molecule has 0 spiro atoms. The highest BCUT2D eigenvalue weighted by Crippen LogP contribution is 2.19. The van der Waals surface area contributed by atoms with E-state index < -0.39 is 5.97 Å². The van der Waals surface area contributed by atoms with Crippen LogP contribution in [0, 0.1) is 5.92 Å². The van der Waals surface area contributed by atoms with E-state index in [2.05, 4.69) is 0 Å². The summed E-state index contributed by atoms with van der Waals surface area (Å²) in [6, 6.07) is 9.50. The SMILES string of the molecule is CC(C)[C@@H](Oc1ccccc1)[C@H](C)OC(=O)CN.Cl. The molecule has 1 rings (SSSR count). The molecule has 1 aromatic carbocycles. The van der Waals surface area contributed by atoms with E-state index in [1.807, 2.05) is 51.1 Å². The highest BCUT2D eigenvalue weighted by molar-refractivity contribution is 5.85. The summed E-state index contributed by atoms with van der Waals surface area (Å²) < 4.78 is 11.1. The van der Waals surface area contributed by atoms with Crippen molar-refractivity contribution in [2.24, 2.45) is 11.7 Å². The van der Waals surface area contributed by atoms with Gasteiger partial charge in [0.05, 0.1) is 6.54 Å². The molecule has 0 heterocycles. The van der Waals surface area contributed by atoms with Crippen molar-refractivity contribution in [3.8, 4) is 5.75 Å². The van der Waals surface area contributed by atoms with Gasteiger partial charge in [0, 0.05) is 0 Å². The van der Waals surface area contributed by atoms with E-state index in [9.17, 15) is 4.79 Å². The Bertz CT molecular complexity index is 370. The molecule has 0 aliphatic carbocycles. The quantitative estimate of drug-likeness (QED) is 0.816. The average Bonchev–Trinajstić information content (AvgIpc) is 2.36. The summed E-state index contributed by atoms with van der Waals surface area (Å²) in [5, 5.41) is 0. The fourth-order valence-corrected chi connectivity index (χ4v) is 1.75. The predicted molar refractivity (Wildman–Crippen MR) is 77.6 cm³/mol. The zero-order valence-electron chi connectivity index (χ0n) is 11.5. The molecule has 19 heavy (non-hydrogen) atoms. The van der Waals surface area contributed by atoms with Gasteiger partial charge in [0.2, 0.25) is 0 Å². The molecule has 0 saturated carbocycles. The number of para-hydroxylation sites is 1. The van der Waals surface area contributed by atoms with Crippen LogP contribution in [0.4, 0.5) is 0 Å². The zero-order valence-corrected chi connectivity index (χ0v) is 12.4. The van der Waals surface area contributed by atoms with E-state index in [1.54, 1.807) is 0 Å². The van der Waals surface area contributed by atoms with Gasteiger partial charge in [-0.05, 0) is 25.0 Å². The van der Waals surface area contributed by atoms with Crippen LogP contribution in [0.2, 0.25) is 0 Å². The number of halogens is 1. The predicted octanol–water partition coefficient (Wildman–Crippen LogP) is 2.40. The molecule has 0 aliphatic heterocycles. The Kier molecular flexibility index (Phi) is 8.19. The first-order chi connectivity index (χ1) is 8.54. The molecular formula is C14H22ClNO3. The first-order valence-corrected chi connectivity index (χ1v) is 6.15. The summed E-state index contributed by atoms with van der Waals surface area (Å²) in [6.45, 7) is 5.77. The monoisotopic (exact) mass is 287 g/mol. The lowest BCUT2D eigenvalue weighted by Crippen LogP contribution is -2.38. The number of carbonyl (C=O) groups is 1. The van der Waals surface area contributed by atoms with Crippen molar-refractivity contribution in [2.75, 3.05) is 6.54 Å². The molecule has 0 amide bonds. The van der Waals surface area contributed by atoms with Gasteiger partial charge in [-0.15, -0.1) is 12.4 Å². The smallest absolute Gasteiger partial charge is 0.320 e. The van der Waals surface area contributed by atoms with E-state index in [0.717, 1.165) is 5.75 Å². The van der Waals surface area contributed by atoms with Gasteiger partial charge in [-0.25, -0.2) is 0 Å². The summed E-state index contributed by atoms with van der Waals surface area (Å²) in [5.74, 6) is 0.586. The number of benzene rings is 1. The number of esters is 1. The molecule has 1 aromatic rings. The summed E-state index contributed by atoms with van der Waals surface area (Å²) in [7, 11) is 0. The Morgan fingerprint density at radius 1 is 1.21 bits per heavy atom. The van der Waals surface area contributed by atoms with Gasteiger partial charge in [0.1, 0.15) is 18.0 Å². The van der Waals surface area contributed by atoms with Crippen molar-refractivity contribution < 1.29 is 14.3 Å². The average molecular weight is 288 g/mol. The minimum absolute atomic E-state index is 0. The van der Waals surface area contributed by atoms with Gasteiger partial charge in [0.15, 0.2) is 0 Å². The molecule has 4 nitrogen and oxygen atoms in total. The van der Waals surface area contributed by atoms with Gasteiger partial charge in [-0.3, -0.25) is 4.79 Å². The van der Waals surface area contributed by atoms with Crippen LogP contribution in [0.15, 0.2) is 30.3 Å². The molecule has 0 bridgehead atoms. The molecule has 0 radical (unpaired) electrons. The van der Waals surface area contributed by atoms with Crippen molar-refractivity contribution in [3.05, 3.63) is 30.3 Å². The second-order valence-corrected chi connectivity index (χ2v) is 4.54. The standard InChI is InChI=1S/C14H21NO3.ClH/c1-10(2)14(11(3)17-13(16)9-15)18-12-7-5-4-6-8-12;/h4-8,10-11,14H,9,15H2,1-3H3;1H/t11-,14+;/m0./s1. The maximum atomic E-state index is 11.2. The van der Waals surface area contributed by atoms with Gasteiger partial charge in [-0.2, -0.15) is 0 Å². The van der Waals surface area contributed by atoms with Crippen LogP contribution in [0.3, 0.4) is 0 Å². The number of ether oxygens (including phenoxy) is 2. The third-order valence-electron chi connectivity index (χ3n) is 2.62. The Hall–Kier alpha value is -1.26. The number of carbonyl (C=O) groups excluding carboxylic acids is 1. The molecule has 0 unspecified atom stereocenters. The summed E-state index contributed by atoms with van der Waals surface area (Å²) >= 11 is 0. The third-order valence-corrected chi connectivity index (χ3v) is 2.62. The van der Waals surface area contributed by atoms with E-state index in [4.69, 9.17) is 15.2 Å². The summed E-state index contributed by atoms with van der Waals surface area (Å²) in [4.78, 5) is 11.2. The van der Waals surface area contributed by atoms with Gasteiger partial charge < -0.3 is 15.2 Å². The van der Waals surface area contributed by atoms with Crippen molar-refractivity contribution in [3.63, 3.8) is 0 Å². The lowest BCUT2D eigenvalue weighted by molar-refractivity contribution is -0.152. The highest BCUT2D eigenvalue weighted by atomic mass is 35.5. The number of hydrogen-bond donors (Lipinski definition) is 1. The van der Waals surface area contributed by atoms with Crippen LogP contribution in [0.25, 0.3) is 0 Å². The molecule has 2 atom stereocenters. The highest BCUT2D eigenvalue weighted by Gasteiger charge is 2.25. The fourth-order valence-electron chi connectivity index (χ4n) is 1.75. The van der Waals surface area contributed by atoms with E-state index in [-0.39, 0.29) is 37.1 Å². The molecule has 108 valence electrons. The minimum atomic E-state index is -0.412. The maximum Gasteiger partial charge on any atom is 0.320 e. The number of hydrogen-bond acceptors (Lipinski definition) is 4. The topological polar surface area (TPSA) is 61.5 Å². The Balaban J connectivity index is 0.00000324. The minimum Gasteiger partial charge on any atom is -0.486 e. The molecule has 0 fully saturated rings. The molecular weight excluding hydrogens is 266 g/mol. The van der Waals surface area contributed by atoms with E-state index in [0.29, 0.717) is 0 Å². The lowest BCUT2D eigenvalue weighted by Gasteiger charge is -2.28. The lowest BCUT2D eigenvalue weighted by atomic mass is 10.0. The molecule has 0 aliphatic rings. The van der Waals surface area contributed by atoms with Crippen molar-refractivity contribution in [1.29, 1.82) is 0 Å². The molecule has 0 saturated heterocycles. The van der Waals surface area contributed by atoms with Crippen LogP contribution < -0.4 is 10.5 Å². The number of nitrogens with two attached hydrogens (primary N) is 1. The summed E-state index contributed by atoms with van der Waals surface area (Å²) in [6.07, 6.45) is -0.524. The molecule has 0 aromatic heterocycles. The normalized spacial score (nSPS) is 13.3. The Labute approximate surface area is 120 Å². The third kappa shape index (κ3) is 5.94. The van der Waals surface area contributed by atoms with Crippen molar-refractivity contribution in [2.45, 2.75) is 33.0 Å². The first kappa shape index (κ1) is 17.7. The van der Waals surface area contributed by atoms with Crippen LogP contribution in [-0.2, 0) is 9.53 Å². The Morgan fingerprint density at radius 2 is 1.79 bits per heavy atom. The second kappa shape index (κ2) is 8.77. The van der Waals surface area contributed by atoms with Crippen molar-refractivity contribution >= 4 is 18.4 Å². The zero-order chi connectivity index (χ0) is 13.5. The first-order valence-electron chi connectivity index (χ1n) is 6.15. The van der Waals surface area contributed by atoms with E-state index in [1.165, 1.54) is 0 Å². The molecule has 2 N–H and O–H groups in total. The summed E-state index contributed by atoms with van der Waals surface area (Å²) in [5.41, 5.74) is 5.23. The van der Waals surface area contributed by atoms with Gasteiger partial charge in [0.25, 0.3) is 0 Å². The maximum absolute atomic E-state index is 11.2. The largest absolute Gasteiger partial charge is 0.486 e. The fraction of sp³-hybridized carbons (Fsp3) is 0.500.